The summed E-state index contributed by atoms with van der Waals surface area (Å²) in [5.74, 6) is -2.33. The second-order valence-corrected chi connectivity index (χ2v) is 6.10. The van der Waals surface area contributed by atoms with Gasteiger partial charge in [-0.3, -0.25) is 0 Å². The van der Waals surface area contributed by atoms with Gasteiger partial charge in [-0.25, -0.2) is 8.78 Å². The average molecular weight is 352 g/mol. The molecular weight excluding hydrogens is 338 g/mol. The minimum atomic E-state index is -0.944. The van der Waals surface area contributed by atoms with Crippen LogP contribution in [0.5, 0.6) is 11.5 Å². The van der Waals surface area contributed by atoms with Crippen molar-refractivity contribution in [2.24, 2.45) is 0 Å². The summed E-state index contributed by atoms with van der Waals surface area (Å²) < 4.78 is 34.3. The maximum Gasteiger partial charge on any atom is 0.165 e. The molecule has 0 saturated heterocycles. The Morgan fingerprint density at radius 2 is 1.62 bits per heavy atom. The molecule has 2 N–H and O–H groups in total. The summed E-state index contributed by atoms with van der Waals surface area (Å²) in [6.07, 6.45) is 0. The molecule has 0 atom stereocenters. The number of aromatic hydroxyl groups is 2. The predicted molar refractivity (Wildman–Crippen MR) is 95.1 cm³/mol. The fourth-order valence-corrected chi connectivity index (χ4v) is 3.14. The highest BCUT2D eigenvalue weighted by atomic mass is 19.1. The maximum atomic E-state index is 14.5. The molecule has 0 radical (unpaired) electrons. The van der Waals surface area contributed by atoms with E-state index in [1.807, 2.05) is 30.3 Å². The van der Waals surface area contributed by atoms with E-state index in [0.29, 0.717) is 22.1 Å². The molecule has 3 aromatic carbocycles. The number of rotatable bonds is 2. The third-order valence-corrected chi connectivity index (χ3v) is 4.30. The fourth-order valence-electron chi connectivity index (χ4n) is 3.14. The smallest absolute Gasteiger partial charge is 0.165 e. The number of aryl methyl sites for hydroxylation is 1. The standard InChI is InChI=1S/C21H14F2O3/c1-11-7-13(24)8-15-19(12-5-3-2-4-6-12)21(26-20(11)15)14-9-17(23)18(25)10-16(14)22/h2-10,24-25H,1H3. The quantitative estimate of drug-likeness (QED) is 0.482. The molecule has 0 saturated carbocycles. The second kappa shape index (κ2) is 5.88. The summed E-state index contributed by atoms with van der Waals surface area (Å²) in [5, 5.41) is 20.0. The summed E-state index contributed by atoms with van der Waals surface area (Å²) in [6, 6.07) is 13.8. The zero-order valence-electron chi connectivity index (χ0n) is 13.8. The molecular formula is C21H14F2O3. The third kappa shape index (κ3) is 2.49. The van der Waals surface area contributed by atoms with E-state index in [1.54, 1.807) is 6.92 Å². The van der Waals surface area contributed by atoms with Crippen LogP contribution in [-0.2, 0) is 0 Å². The Morgan fingerprint density at radius 1 is 0.885 bits per heavy atom. The Balaban J connectivity index is 2.13. The van der Waals surface area contributed by atoms with Crippen molar-refractivity contribution >= 4 is 11.0 Å². The summed E-state index contributed by atoms with van der Waals surface area (Å²) in [7, 11) is 0. The Kier molecular flexibility index (Phi) is 3.65. The number of furan rings is 1. The van der Waals surface area contributed by atoms with Gasteiger partial charge in [-0.05, 0) is 36.2 Å². The van der Waals surface area contributed by atoms with Gasteiger partial charge in [0.2, 0.25) is 0 Å². The molecule has 1 aromatic heterocycles. The van der Waals surface area contributed by atoms with Crippen LogP contribution in [0, 0.1) is 18.6 Å². The van der Waals surface area contributed by atoms with Crippen molar-refractivity contribution in [3.05, 3.63) is 71.8 Å². The van der Waals surface area contributed by atoms with E-state index in [1.165, 1.54) is 12.1 Å². The van der Waals surface area contributed by atoms with Gasteiger partial charge in [0.1, 0.15) is 22.9 Å². The van der Waals surface area contributed by atoms with Crippen LogP contribution >= 0.6 is 0 Å². The third-order valence-electron chi connectivity index (χ3n) is 4.30. The van der Waals surface area contributed by atoms with E-state index >= 15 is 0 Å². The van der Waals surface area contributed by atoms with Crippen LogP contribution in [0.2, 0.25) is 0 Å². The average Bonchev–Trinajstić information content (AvgIpc) is 2.98. The lowest BCUT2D eigenvalue weighted by molar-refractivity contribution is 0.426. The minimum absolute atomic E-state index is 0.0527. The Hall–Kier alpha value is -3.34. The van der Waals surface area contributed by atoms with Gasteiger partial charge in [-0.15, -0.1) is 0 Å². The monoisotopic (exact) mass is 352 g/mol. The molecule has 0 aliphatic heterocycles. The van der Waals surface area contributed by atoms with Crippen molar-refractivity contribution < 1.29 is 23.4 Å². The van der Waals surface area contributed by atoms with Crippen LogP contribution in [0.4, 0.5) is 8.78 Å². The van der Waals surface area contributed by atoms with Gasteiger partial charge in [0.25, 0.3) is 0 Å². The van der Waals surface area contributed by atoms with Crippen molar-refractivity contribution in [2.45, 2.75) is 6.92 Å². The van der Waals surface area contributed by atoms with Crippen molar-refractivity contribution in [1.82, 2.24) is 0 Å². The number of benzene rings is 3. The van der Waals surface area contributed by atoms with Gasteiger partial charge in [0, 0.05) is 17.0 Å². The highest BCUT2D eigenvalue weighted by molar-refractivity contribution is 6.03. The molecule has 0 aliphatic rings. The van der Waals surface area contributed by atoms with E-state index in [-0.39, 0.29) is 17.1 Å². The first-order chi connectivity index (χ1) is 12.5. The van der Waals surface area contributed by atoms with Crippen LogP contribution in [0.25, 0.3) is 33.4 Å². The number of phenolic OH excluding ortho intramolecular Hbond substituents is 2. The molecule has 0 bridgehead atoms. The summed E-state index contributed by atoms with van der Waals surface area (Å²) >= 11 is 0. The number of fused-ring (bicyclic) bond motifs is 1. The first-order valence-electron chi connectivity index (χ1n) is 7.95. The van der Waals surface area contributed by atoms with Crippen molar-refractivity contribution in [1.29, 1.82) is 0 Å². The predicted octanol–water partition coefficient (Wildman–Crippen LogP) is 5.76. The first-order valence-corrected chi connectivity index (χ1v) is 7.95. The summed E-state index contributed by atoms with van der Waals surface area (Å²) in [6.45, 7) is 1.76. The zero-order valence-corrected chi connectivity index (χ0v) is 13.8. The second-order valence-electron chi connectivity index (χ2n) is 6.10. The molecule has 4 rings (SSSR count). The van der Waals surface area contributed by atoms with Gasteiger partial charge in [-0.1, -0.05) is 30.3 Å². The highest BCUT2D eigenvalue weighted by Gasteiger charge is 2.23. The van der Waals surface area contributed by atoms with Crippen LogP contribution in [0.3, 0.4) is 0 Å². The molecule has 1 heterocycles. The maximum absolute atomic E-state index is 14.5. The lowest BCUT2D eigenvalue weighted by Gasteiger charge is -2.06. The number of hydrogen-bond acceptors (Lipinski definition) is 3. The largest absolute Gasteiger partial charge is 0.508 e. The summed E-state index contributed by atoms with van der Waals surface area (Å²) in [5.41, 5.74) is 2.32. The van der Waals surface area contributed by atoms with Crippen molar-refractivity contribution in [3.8, 4) is 33.9 Å². The molecule has 130 valence electrons. The number of phenols is 2. The van der Waals surface area contributed by atoms with E-state index in [2.05, 4.69) is 0 Å². The van der Waals surface area contributed by atoms with Crippen molar-refractivity contribution in [2.75, 3.05) is 0 Å². The minimum Gasteiger partial charge on any atom is -0.508 e. The highest BCUT2D eigenvalue weighted by Crippen LogP contribution is 2.44. The van der Waals surface area contributed by atoms with Crippen LogP contribution in [0.1, 0.15) is 5.56 Å². The van der Waals surface area contributed by atoms with E-state index in [9.17, 15) is 19.0 Å². The zero-order chi connectivity index (χ0) is 18.4. The van der Waals surface area contributed by atoms with E-state index in [0.717, 1.165) is 17.7 Å². The molecule has 26 heavy (non-hydrogen) atoms. The van der Waals surface area contributed by atoms with Gasteiger partial charge >= 0.3 is 0 Å². The van der Waals surface area contributed by atoms with Gasteiger partial charge in [0.15, 0.2) is 11.6 Å². The Morgan fingerprint density at radius 3 is 2.35 bits per heavy atom. The molecule has 0 fully saturated rings. The molecule has 5 heteroatoms. The van der Waals surface area contributed by atoms with Gasteiger partial charge in [0.05, 0.1) is 5.56 Å². The van der Waals surface area contributed by atoms with Crippen LogP contribution < -0.4 is 0 Å². The molecule has 0 spiro atoms. The fraction of sp³-hybridized carbons (Fsp3) is 0.0476. The molecule has 0 amide bonds. The SMILES string of the molecule is Cc1cc(O)cc2c(-c3ccccc3)c(-c3cc(F)c(O)cc3F)oc12. The van der Waals surface area contributed by atoms with Crippen LogP contribution in [0.15, 0.2) is 59.0 Å². The van der Waals surface area contributed by atoms with E-state index < -0.39 is 17.4 Å². The van der Waals surface area contributed by atoms with Crippen molar-refractivity contribution in [3.63, 3.8) is 0 Å². The van der Waals surface area contributed by atoms with Crippen LogP contribution in [-0.4, -0.2) is 10.2 Å². The Labute approximate surface area is 147 Å². The summed E-state index contributed by atoms with van der Waals surface area (Å²) in [4.78, 5) is 0. The molecule has 3 nitrogen and oxygen atoms in total. The lowest BCUT2D eigenvalue weighted by atomic mass is 9.97. The number of hydrogen-bond donors (Lipinski definition) is 2. The van der Waals surface area contributed by atoms with Gasteiger partial charge < -0.3 is 14.6 Å². The number of halogens is 2. The lowest BCUT2D eigenvalue weighted by Crippen LogP contribution is -1.88. The first kappa shape index (κ1) is 16.1. The molecule has 4 aromatic rings. The van der Waals surface area contributed by atoms with Gasteiger partial charge in [-0.2, -0.15) is 0 Å². The molecule has 0 unspecified atom stereocenters. The normalized spacial score (nSPS) is 11.2. The molecule has 0 aliphatic carbocycles. The Bertz CT molecular complexity index is 1130. The van der Waals surface area contributed by atoms with E-state index in [4.69, 9.17) is 4.42 Å². The topological polar surface area (TPSA) is 53.6 Å².